The maximum Gasteiger partial charge on any atom is 0.0531 e. The minimum Gasteiger partial charge on any atom is -0.330 e. The van der Waals surface area contributed by atoms with E-state index in [0.29, 0.717) is 5.41 Å². The molecule has 0 aromatic carbocycles. The van der Waals surface area contributed by atoms with Crippen LogP contribution in [0.4, 0.5) is 0 Å². The standard InChI is InChI=1S/C10H15N3/c1-2-13-8-9(7-12-13)10(3-4-10)5-6-11/h2,7-8H,1,3-6,11H2. The van der Waals surface area contributed by atoms with E-state index >= 15 is 0 Å². The highest BCUT2D eigenvalue weighted by atomic mass is 15.2. The lowest BCUT2D eigenvalue weighted by Crippen LogP contribution is -2.12. The van der Waals surface area contributed by atoms with Crippen molar-refractivity contribution in [3.63, 3.8) is 0 Å². The van der Waals surface area contributed by atoms with Gasteiger partial charge < -0.3 is 5.73 Å². The second-order valence-corrected chi connectivity index (χ2v) is 3.71. The number of rotatable bonds is 4. The van der Waals surface area contributed by atoms with Crippen LogP contribution in [-0.2, 0) is 5.41 Å². The van der Waals surface area contributed by atoms with Gasteiger partial charge in [0.1, 0.15) is 0 Å². The first-order chi connectivity index (χ1) is 6.30. The van der Waals surface area contributed by atoms with Crippen LogP contribution in [0.2, 0.25) is 0 Å². The van der Waals surface area contributed by atoms with Gasteiger partial charge in [0.2, 0.25) is 0 Å². The zero-order chi connectivity index (χ0) is 9.31. The molecule has 1 aliphatic rings. The highest BCUT2D eigenvalue weighted by Crippen LogP contribution is 2.50. The fourth-order valence-electron chi connectivity index (χ4n) is 1.82. The molecule has 70 valence electrons. The number of hydrogen-bond donors (Lipinski definition) is 1. The van der Waals surface area contributed by atoms with E-state index in [1.165, 1.54) is 18.4 Å². The molecule has 0 unspecified atom stereocenters. The van der Waals surface area contributed by atoms with Crippen LogP contribution in [-0.4, -0.2) is 16.3 Å². The van der Waals surface area contributed by atoms with Crippen LogP contribution in [0.1, 0.15) is 24.8 Å². The Balaban J connectivity index is 2.20. The van der Waals surface area contributed by atoms with Gasteiger partial charge in [0.25, 0.3) is 0 Å². The van der Waals surface area contributed by atoms with Gasteiger partial charge in [-0.2, -0.15) is 5.10 Å². The van der Waals surface area contributed by atoms with Crippen molar-refractivity contribution in [1.82, 2.24) is 9.78 Å². The van der Waals surface area contributed by atoms with Crippen molar-refractivity contribution in [3.8, 4) is 0 Å². The molecule has 0 amide bonds. The lowest BCUT2D eigenvalue weighted by molar-refractivity contribution is 0.629. The Bertz CT molecular complexity index is 310. The topological polar surface area (TPSA) is 43.8 Å². The first-order valence-corrected chi connectivity index (χ1v) is 4.68. The Morgan fingerprint density at radius 1 is 1.69 bits per heavy atom. The van der Waals surface area contributed by atoms with Gasteiger partial charge in [0.15, 0.2) is 0 Å². The maximum atomic E-state index is 5.58. The normalized spacial score (nSPS) is 18.5. The van der Waals surface area contributed by atoms with Crippen LogP contribution >= 0.6 is 0 Å². The lowest BCUT2D eigenvalue weighted by atomic mass is 9.96. The summed E-state index contributed by atoms with van der Waals surface area (Å²) in [6.07, 6.45) is 9.29. The van der Waals surface area contributed by atoms with Crippen molar-refractivity contribution >= 4 is 6.20 Å². The number of aromatic nitrogens is 2. The van der Waals surface area contributed by atoms with E-state index in [1.807, 2.05) is 6.20 Å². The van der Waals surface area contributed by atoms with Crippen molar-refractivity contribution in [2.45, 2.75) is 24.7 Å². The van der Waals surface area contributed by atoms with E-state index in [4.69, 9.17) is 5.73 Å². The summed E-state index contributed by atoms with van der Waals surface area (Å²) < 4.78 is 1.76. The highest BCUT2D eigenvalue weighted by molar-refractivity contribution is 5.29. The van der Waals surface area contributed by atoms with Crippen LogP contribution in [0, 0.1) is 0 Å². The highest BCUT2D eigenvalue weighted by Gasteiger charge is 2.44. The van der Waals surface area contributed by atoms with Crippen LogP contribution < -0.4 is 5.73 Å². The van der Waals surface area contributed by atoms with E-state index in [-0.39, 0.29) is 0 Å². The van der Waals surface area contributed by atoms with Gasteiger partial charge in [-0.15, -0.1) is 0 Å². The molecular weight excluding hydrogens is 162 g/mol. The smallest absolute Gasteiger partial charge is 0.0531 e. The van der Waals surface area contributed by atoms with Gasteiger partial charge in [0.05, 0.1) is 6.20 Å². The largest absolute Gasteiger partial charge is 0.330 e. The van der Waals surface area contributed by atoms with Gasteiger partial charge >= 0.3 is 0 Å². The number of hydrogen-bond acceptors (Lipinski definition) is 2. The third-order valence-corrected chi connectivity index (χ3v) is 2.88. The van der Waals surface area contributed by atoms with Gasteiger partial charge in [-0.05, 0) is 36.8 Å². The molecule has 1 aromatic rings. The molecule has 2 rings (SSSR count). The van der Waals surface area contributed by atoms with Crippen molar-refractivity contribution in [3.05, 3.63) is 24.5 Å². The minimum absolute atomic E-state index is 0.357. The molecule has 1 saturated carbocycles. The minimum atomic E-state index is 0.357. The number of nitrogens with zero attached hydrogens (tertiary/aromatic N) is 2. The van der Waals surface area contributed by atoms with Crippen molar-refractivity contribution < 1.29 is 0 Å². The molecule has 0 spiro atoms. The summed E-state index contributed by atoms with van der Waals surface area (Å²) in [6, 6.07) is 0. The Labute approximate surface area is 78.2 Å². The molecule has 13 heavy (non-hydrogen) atoms. The molecule has 1 aliphatic carbocycles. The molecule has 1 heterocycles. The van der Waals surface area contributed by atoms with E-state index in [1.54, 1.807) is 10.9 Å². The summed E-state index contributed by atoms with van der Waals surface area (Å²) in [4.78, 5) is 0. The summed E-state index contributed by atoms with van der Waals surface area (Å²) in [5, 5.41) is 4.18. The molecule has 0 atom stereocenters. The molecule has 3 nitrogen and oxygen atoms in total. The average molecular weight is 177 g/mol. The average Bonchev–Trinajstić information content (AvgIpc) is 2.78. The third-order valence-electron chi connectivity index (χ3n) is 2.88. The molecular formula is C10H15N3. The fraction of sp³-hybridized carbons (Fsp3) is 0.500. The van der Waals surface area contributed by atoms with E-state index in [2.05, 4.69) is 17.9 Å². The quantitative estimate of drug-likeness (QED) is 0.754. The monoisotopic (exact) mass is 177 g/mol. The van der Waals surface area contributed by atoms with Crippen molar-refractivity contribution in [1.29, 1.82) is 0 Å². The Morgan fingerprint density at radius 2 is 2.46 bits per heavy atom. The second-order valence-electron chi connectivity index (χ2n) is 3.71. The van der Waals surface area contributed by atoms with Crippen LogP contribution in [0.3, 0.4) is 0 Å². The zero-order valence-electron chi connectivity index (χ0n) is 7.74. The summed E-state index contributed by atoms with van der Waals surface area (Å²) in [5.74, 6) is 0. The zero-order valence-corrected chi connectivity index (χ0v) is 7.74. The fourth-order valence-corrected chi connectivity index (χ4v) is 1.82. The first-order valence-electron chi connectivity index (χ1n) is 4.68. The van der Waals surface area contributed by atoms with Crippen LogP contribution in [0.25, 0.3) is 6.20 Å². The second kappa shape index (κ2) is 3.00. The predicted molar refractivity (Wildman–Crippen MR) is 53.2 cm³/mol. The van der Waals surface area contributed by atoms with Crippen LogP contribution in [0.15, 0.2) is 19.0 Å². The predicted octanol–water partition coefficient (Wildman–Crippen LogP) is 1.36. The summed E-state index contributed by atoms with van der Waals surface area (Å²) >= 11 is 0. The molecule has 0 bridgehead atoms. The Morgan fingerprint density at radius 3 is 2.92 bits per heavy atom. The molecule has 3 heteroatoms. The SMILES string of the molecule is C=Cn1cc(C2(CCN)CC2)cn1. The summed E-state index contributed by atoms with van der Waals surface area (Å²) in [7, 11) is 0. The first kappa shape index (κ1) is 8.51. The molecule has 2 N–H and O–H groups in total. The van der Waals surface area contributed by atoms with Gasteiger partial charge in [-0.1, -0.05) is 6.58 Å². The maximum absolute atomic E-state index is 5.58. The summed E-state index contributed by atoms with van der Waals surface area (Å²) in [5.41, 5.74) is 7.26. The number of nitrogens with two attached hydrogens (primary N) is 1. The molecule has 0 aliphatic heterocycles. The van der Waals surface area contributed by atoms with Gasteiger partial charge in [-0.25, -0.2) is 4.68 Å². The molecule has 0 saturated heterocycles. The van der Waals surface area contributed by atoms with E-state index in [9.17, 15) is 0 Å². The van der Waals surface area contributed by atoms with Gasteiger partial charge in [0, 0.05) is 12.4 Å². The third kappa shape index (κ3) is 1.40. The van der Waals surface area contributed by atoms with Crippen molar-refractivity contribution in [2.75, 3.05) is 6.54 Å². The lowest BCUT2D eigenvalue weighted by Gasteiger charge is -2.09. The van der Waals surface area contributed by atoms with E-state index < -0.39 is 0 Å². The van der Waals surface area contributed by atoms with Gasteiger partial charge in [-0.3, -0.25) is 0 Å². The Hall–Kier alpha value is -1.09. The molecule has 1 fully saturated rings. The van der Waals surface area contributed by atoms with E-state index in [0.717, 1.165) is 13.0 Å². The molecule has 0 radical (unpaired) electrons. The summed E-state index contributed by atoms with van der Waals surface area (Å²) in [6.45, 7) is 4.43. The van der Waals surface area contributed by atoms with Crippen molar-refractivity contribution in [2.24, 2.45) is 5.73 Å². The Kier molecular flexibility index (Phi) is 1.96. The molecule has 1 aromatic heterocycles. The van der Waals surface area contributed by atoms with Crippen LogP contribution in [0.5, 0.6) is 0 Å².